The van der Waals surface area contributed by atoms with Crippen LogP contribution in [0.15, 0.2) is 54.5 Å². The molecular formula is C23H23N3O5. The van der Waals surface area contributed by atoms with E-state index >= 15 is 0 Å². The van der Waals surface area contributed by atoms with E-state index in [0.717, 1.165) is 11.1 Å². The Kier molecular flexibility index (Phi) is 5.56. The van der Waals surface area contributed by atoms with Crippen LogP contribution in [-0.2, 0) is 27.3 Å². The van der Waals surface area contributed by atoms with Crippen molar-refractivity contribution in [2.45, 2.75) is 38.5 Å². The minimum Gasteiger partial charge on any atom is -0.477 e. The molecule has 1 saturated heterocycles. The van der Waals surface area contributed by atoms with Gasteiger partial charge in [-0.05, 0) is 47.7 Å². The van der Waals surface area contributed by atoms with Gasteiger partial charge in [0.05, 0.1) is 24.5 Å². The zero-order chi connectivity index (χ0) is 22.1. The highest BCUT2D eigenvalue weighted by molar-refractivity contribution is 6.06. The van der Waals surface area contributed by atoms with Crippen LogP contribution >= 0.6 is 0 Å². The van der Waals surface area contributed by atoms with Gasteiger partial charge in [-0.15, -0.1) is 0 Å². The maximum atomic E-state index is 12.3. The van der Waals surface area contributed by atoms with Gasteiger partial charge in [-0.3, -0.25) is 14.6 Å². The van der Waals surface area contributed by atoms with Gasteiger partial charge in [0.1, 0.15) is 5.70 Å². The van der Waals surface area contributed by atoms with E-state index in [9.17, 15) is 24.6 Å². The van der Waals surface area contributed by atoms with Crippen molar-refractivity contribution in [2.24, 2.45) is 5.92 Å². The van der Waals surface area contributed by atoms with Gasteiger partial charge in [-0.25, -0.2) is 4.79 Å². The van der Waals surface area contributed by atoms with Crippen LogP contribution in [0.1, 0.15) is 30.0 Å². The quantitative estimate of drug-likeness (QED) is 0.581. The predicted octanol–water partition coefficient (Wildman–Crippen LogP) is 1.35. The van der Waals surface area contributed by atoms with Crippen LogP contribution in [0, 0.1) is 5.92 Å². The predicted molar refractivity (Wildman–Crippen MR) is 111 cm³/mol. The Hall–Kier alpha value is -3.52. The number of hydrogen-bond acceptors (Lipinski definition) is 5. The van der Waals surface area contributed by atoms with E-state index in [4.69, 9.17) is 0 Å². The fourth-order valence-electron chi connectivity index (χ4n) is 4.30. The van der Waals surface area contributed by atoms with E-state index in [1.807, 2.05) is 12.1 Å². The number of rotatable bonds is 7. The highest BCUT2D eigenvalue weighted by atomic mass is 16.4. The zero-order valence-corrected chi connectivity index (χ0v) is 17.0. The molecule has 1 aromatic heterocycles. The number of nitrogens with zero attached hydrogens (tertiary/aromatic N) is 2. The van der Waals surface area contributed by atoms with E-state index < -0.39 is 18.0 Å². The lowest BCUT2D eigenvalue weighted by Gasteiger charge is -2.44. The van der Waals surface area contributed by atoms with Crippen LogP contribution in [-0.4, -0.2) is 50.0 Å². The second-order valence-corrected chi connectivity index (χ2v) is 7.88. The molecule has 0 saturated carbocycles. The summed E-state index contributed by atoms with van der Waals surface area (Å²) < 4.78 is 0. The summed E-state index contributed by atoms with van der Waals surface area (Å²) in [7, 11) is 0. The van der Waals surface area contributed by atoms with Crippen LogP contribution in [0.25, 0.3) is 5.57 Å². The summed E-state index contributed by atoms with van der Waals surface area (Å²) in [6.45, 7) is 1.97. The van der Waals surface area contributed by atoms with Gasteiger partial charge >= 0.3 is 5.97 Å². The second-order valence-electron chi connectivity index (χ2n) is 7.88. The number of pyridine rings is 1. The number of carboxylic acid groups (broad SMARTS) is 1. The Morgan fingerprint density at radius 2 is 1.84 bits per heavy atom. The number of carbonyl (C=O) groups excluding carboxylic acids is 2. The molecule has 2 aliphatic heterocycles. The monoisotopic (exact) mass is 421 g/mol. The lowest BCUT2D eigenvalue weighted by molar-refractivity contribution is -0.161. The molecule has 2 aromatic rings. The van der Waals surface area contributed by atoms with Crippen LogP contribution in [0.4, 0.5) is 0 Å². The molecule has 2 aliphatic rings. The molecule has 1 aromatic carbocycles. The molecule has 1 fully saturated rings. The molecule has 0 radical (unpaired) electrons. The van der Waals surface area contributed by atoms with E-state index in [1.54, 1.807) is 43.6 Å². The molecule has 0 aliphatic carbocycles. The number of benzene rings is 1. The van der Waals surface area contributed by atoms with Gasteiger partial charge in [0.25, 0.3) is 0 Å². The number of nitrogens with one attached hydrogen (secondary N) is 1. The van der Waals surface area contributed by atoms with Crippen molar-refractivity contribution in [1.82, 2.24) is 15.2 Å². The Bertz CT molecular complexity index is 1050. The van der Waals surface area contributed by atoms with E-state index in [1.165, 1.54) is 4.90 Å². The van der Waals surface area contributed by atoms with Gasteiger partial charge in [0, 0.05) is 18.9 Å². The first-order valence-corrected chi connectivity index (χ1v) is 10.1. The lowest BCUT2D eigenvalue weighted by Crippen LogP contribution is -2.61. The molecule has 0 bridgehead atoms. The van der Waals surface area contributed by atoms with Gasteiger partial charge in [-0.1, -0.05) is 24.3 Å². The summed E-state index contributed by atoms with van der Waals surface area (Å²) in [5.41, 5.74) is 3.01. The smallest absolute Gasteiger partial charge is 0.352 e. The molecule has 4 rings (SSSR count). The summed E-state index contributed by atoms with van der Waals surface area (Å²) in [5.74, 6) is -2.20. The van der Waals surface area contributed by atoms with E-state index in [-0.39, 0.29) is 30.0 Å². The van der Waals surface area contributed by atoms with E-state index in [2.05, 4.69) is 10.3 Å². The normalized spacial score (nSPS) is 20.8. The van der Waals surface area contributed by atoms with Crippen molar-refractivity contribution in [3.05, 3.63) is 71.2 Å². The molecule has 0 spiro atoms. The third-order valence-electron chi connectivity index (χ3n) is 5.84. The first-order chi connectivity index (χ1) is 14.9. The van der Waals surface area contributed by atoms with Crippen molar-refractivity contribution < 1.29 is 24.6 Å². The molecule has 160 valence electrons. The first-order valence-electron chi connectivity index (χ1n) is 10.1. The average Bonchev–Trinajstić information content (AvgIpc) is 3.08. The largest absolute Gasteiger partial charge is 0.477 e. The second kappa shape index (κ2) is 8.31. The lowest BCUT2D eigenvalue weighted by atomic mass is 9.82. The number of aromatic nitrogens is 1. The summed E-state index contributed by atoms with van der Waals surface area (Å²) in [5, 5.41) is 22.4. The Balaban J connectivity index is 1.45. The van der Waals surface area contributed by atoms with E-state index in [0.29, 0.717) is 24.1 Å². The topological polar surface area (TPSA) is 120 Å². The highest BCUT2D eigenvalue weighted by Gasteiger charge is 2.56. The number of carbonyl (C=O) groups is 3. The van der Waals surface area contributed by atoms with Crippen LogP contribution in [0.5, 0.6) is 0 Å². The molecule has 3 heterocycles. The molecular weight excluding hydrogens is 398 g/mol. The summed E-state index contributed by atoms with van der Waals surface area (Å²) >= 11 is 0. The van der Waals surface area contributed by atoms with Gasteiger partial charge in [0.2, 0.25) is 11.8 Å². The molecule has 2 amide bonds. The third-order valence-corrected chi connectivity index (χ3v) is 5.84. The van der Waals surface area contributed by atoms with Gasteiger partial charge in [0.15, 0.2) is 0 Å². The average molecular weight is 421 g/mol. The maximum absolute atomic E-state index is 12.3. The SMILES string of the molecule is C[C@@H](O)[C@H]1C(=O)N2C(C(=O)O)=C(c3ccc(CC(=O)NCc4ccncc4)cc3)C[C@H]12. The van der Waals surface area contributed by atoms with Crippen molar-refractivity contribution in [1.29, 1.82) is 0 Å². The fourth-order valence-corrected chi connectivity index (χ4v) is 4.30. The van der Waals surface area contributed by atoms with Crippen molar-refractivity contribution in [3.63, 3.8) is 0 Å². The number of aliphatic hydroxyl groups excluding tert-OH is 1. The Labute approximate surface area is 179 Å². The molecule has 3 atom stereocenters. The van der Waals surface area contributed by atoms with Crippen LogP contribution in [0.3, 0.4) is 0 Å². The van der Waals surface area contributed by atoms with Crippen molar-refractivity contribution in [3.8, 4) is 0 Å². The van der Waals surface area contributed by atoms with Gasteiger partial charge in [-0.2, -0.15) is 0 Å². The number of aliphatic carboxylic acids is 1. The summed E-state index contributed by atoms with van der Waals surface area (Å²) in [4.78, 5) is 41.6. The van der Waals surface area contributed by atoms with Crippen molar-refractivity contribution >= 4 is 23.4 Å². The van der Waals surface area contributed by atoms with Crippen LogP contribution < -0.4 is 5.32 Å². The summed E-state index contributed by atoms with van der Waals surface area (Å²) in [6.07, 6.45) is 3.10. The molecule has 8 nitrogen and oxygen atoms in total. The Morgan fingerprint density at radius 3 is 2.45 bits per heavy atom. The highest BCUT2D eigenvalue weighted by Crippen LogP contribution is 2.46. The van der Waals surface area contributed by atoms with Crippen molar-refractivity contribution in [2.75, 3.05) is 0 Å². The zero-order valence-electron chi connectivity index (χ0n) is 17.0. The molecule has 0 unspecified atom stereocenters. The third kappa shape index (κ3) is 3.94. The molecule has 31 heavy (non-hydrogen) atoms. The number of amides is 2. The fraction of sp³-hybridized carbons (Fsp3) is 0.304. The molecule has 3 N–H and O–H groups in total. The molecule has 8 heteroatoms. The number of carboxylic acids is 1. The minimum absolute atomic E-state index is 0.0188. The Morgan fingerprint density at radius 1 is 1.16 bits per heavy atom. The maximum Gasteiger partial charge on any atom is 0.352 e. The number of fused-ring (bicyclic) bond motifs is 1. The summed E-state index contributed by atoms with van der Waals surface area (Å²) in [6, 6.07) is 10.5. The standard InChI is InChI=1S/C23H23N3O5/c1-13(27)20-18-11-17(21(23(30)31)26(18)22(20)29)16-4-2-14(3-5-16)10-19(28)25-12-15-6-8-24-9-7-15/h2-9,13,18,20,27H,10-12H2,1H3,(H,25,28)(H,30,31)/t13-,18-,20-/m1/s1. The number of hydrogen-bond donors (Lipinski definition) is 3. The first kappa shape index (κ1) is 20.7. The van der Waals surface area contributed by atoms with Gasteiger partial charge < -0.3 is 20.4 Å². The van der Waals surface area contributed by atoms with Crippen LogP contribution in [0.2, 0.25) is 0 Å². The number of aliphatic hydroxyl groups is 1. The minimum atomic E-state index is -1.16. The number of β-lactam (4-membered cyclic amide) rings is 1.